The summed E-state index contributed by atoms with van der Waals surface area (Å²) in [4.78, 5) is 20.8. The molecule has 2 aromatic rings. The van der Waals surface area contributed by atoms with Crippen molar-refractivity contribution in [3.63, 3.8) is 0 Å². The molecule has 0 radical (unpaired) electrons. The van der Waals surface area contributed by atoms with Crippen molar-refractivity contribution < 1.29 is 9.53 Å². The van der Waals surface area contributed by atoms with Gasteiger partial charge in [0.2, 0.25) is 0 Å². The highest BCUT2D eigenvalue weighted by Gasteiger charge is 2.48. The van der Waals surface area contributed by atoms with E-state index < -0.39 is 0 Å². The number of hydrogen-bond donors (Lipinski definition) is 1. The number of ether oxygens (including phenoxy) is 1. The zero-order chi connectivity index (χ0) is 17.4. The molecule has 2 saturated heterocycles. The van der Waals surface area contributed by atoms with Crippen LogP contribution in [0.4, 0.5) is 0 Å². The standard InChI is InChI=1S/C20H27N3O2/c1-22(2)12-15-13-23(14-20(15)7-9-25-10-8-20)19(24)17-11-21-18-6-4-3-5-16(17)18/h3-6,11,15,21H,7-10,12-14H2,1-2H3/t15-/m1/s1. The van der Waals surface area contributed by atoms with Crippen LogP contribution in [-0.4, -0.2) is 67.6 Å². The van der Waals surface area contributed by atoms with E-state index >= 15 is 0 Å². The Hall–Kier alpha value is -1.85. The summed E-state index contributed by atoms with van der Waals surface area (Å²) in [5.41, 5.74) is 2.03. The molecule has 1 N–H and O–H groups in total. The van der Waals surface area contributed by atoms with Crippen LogP contribution in [0.2, 0.25) is 0 Å². The van der Waals surface area contributed by atoms with Crippen LogP contribution in [0.3, 0.4) is 0 Å². The van der Waals surface area contributed by atoms with E-state index in [1.165, 1.54) is 0 Å². The van der Waals surface area contributed by atoms with Gasteiger partial charge in [-0.3, -0.25) is 4.79 Å². The van der Waals surface area contributed by atoms with Gasteiger partial charge in [0.15, 0.2) is 0 Å². The third kappa shape index (κ3) is 2.96. The highest BCUT2D eigenvalue weighted by atomic mass is 16.5. The van der Waals surface area contributed by atoms with Crippen molar-refractivity contribution in [3.05, 3.63) is 36.0 Å². The molecule has 5 nitrogen and oxygen atoms in total. The molecule has 2 aliphatic rings. The van der Waals surface area contributed by atoms with Crippen molar-refractivity contribution in [2.24, 2.45) is 11.3 Å². The molecule has 0 bridgehead atoms. The van der Waals surface area contributed by atoms with E-state index in [0.29, 0.717) is 5.92 Å². The Morgan fingerprint density at radius 3 is 2.84 bits per heavy atom. The number of hydrogen-bond acceptors (Lipinski definition) is 3. The van der Waals surface area contributed by atoms with Crippen molar-refractivity contribution >= 4 is 16.8 Å². The number of H-pyrrole nitrogens is 1. The average molecular weight is 341 g/mol. The minimum absolute atomic E-state index is 0.157. The van der Waals surface area contributed by atoms with Gasteiger partial charge >= 0.3 is 0 Å². The van der Waals surface area contributed by atoms with E-state index in [4.69, 9.17) is 4.74 Å². The van der Waals surface area contributed by atoms with Crippen LogP contribution < -0.4 is 0 Å². The Labute approximate surface area is 148 Å². The van der Waals surface area contributed by atoms with Gasteiger partial charge < -0.3 is 19.5 Å². The fourth-order valence-corrected chi connectivity index (χ4v) is 4.64. The average Bonchev–Trinajstić information content (AvgIpc) is 3.17. The molecule has 4 rings (SSSR count). The Bertz CT molecular complexity index is 761. The number of nitrogens with zero attached hydrogens (tertiary/aromatic N) is 2. The number of carbonyl (C=O) groups is 1. The molecule has 1 amide bonds. The van der Waals surface area contributed by atoms with Gasteiger partial charge in [0.05, 0.1) is 5.56 Å². The SMILES string of the molecule is CN(C)C[C@@H]1CN(C(=O)c2c[nH]c3ccccc23)CC12CCOCC2. The molecular formula is C20H27N3O2. The van der Waals surface area contributed by atoms with Crippen LogP contribution in [0.15, 0.2) is 30.5 Å². The quantitative estimate of drug-likeness (QED) is 0.933. The minimum atomic E-state index is 0.157. The van der Waals surface area contributed by atoms with E-state index in [2.05, 4.69) is 28.9 Å². The van der Waals surface area contributed by atoms with Crippen molar-refractivity contribution in [3.8, 4) is 0 Å². The molecule has 1 atom stereocenters. The van der Waals surface area contributed by atoms with E-state index in [1.807, 2.05) is 30.5 Å². The van der Waals surface area contributed by atoms with Crippen LogP contribution in [-0.2, 0) is 4.74 Å². The first-order valence-electron chi connectivity index (χ1n) is 9.17. The maximum Gasteiger partial charge on any atom is 0.256 e. The van der Waals surface area contributed by atoms with E-state index in [0.717, 1.165) is 62.2 Å². The van der Waals surface area contributed by atoms with Gasteiger partial charge in [0, 0.05) is 49.9 Å². The lowest BCUT2D eigenvalue weighted by atomic mass is 9.72. The summed E-state index contributed by atoms with van der Waals surface area (Å²) in [5.74, 6) is 0.671. The summed E-state index contributed by atoms with van der Waals surface area (Å²) in [6, 6.07) is 8.03. The van der Waals surface area contributed by atoms with Crippen LogP contribution in [0.5, 0.6) is 0 Å². The predicted octanol–water partition coefficient (Wildman–Crippen LogP) is 2.60. The molecule has 2 fully saturated rings. The Morgan fingerprint density at radius 2 is 2.08 bits per heavy atom. The summed E-state index contributed by atoms with van der Waals surface area (Å²) in [6.45, 7) is 4.36. The summed E-state index contributed by atoms with van der Waals surface area (Å²) in [7, 11) is 4.24. The molecular weight excluding hydrogens is 314 g/mol. The van der Waals surface area contributed by atoms with Gasteiger partial charge in [-0.15, -0.1) is 0 Å². The summed E-state index contributed by atoms with van der Waals surface area (Å²) in [5, 5.41) is 1.02. The van der Waals surface area contributed by atoms with Crippen LogP contribution in [0, 0.1) is 11.3 Å². The van der Waals surface area contributed by atoms with Crippen LogP contribution in [0.25, 0.3) is 10.9 Å². The molecule has 1 aromatic carbocycles. The normalized spacial score (nSPS) is 23.0. The molecule has 2 aliphatic heterocycles. The largest absolute Gasteiger partial charge is 0.381 e. The van der Waals surface area contributed by atoms with E-state index in [1.54, 1.807) is 0 Å². The molecule has 25 heavy (non-hydrogen) atoms. The van der Waals surface area contributed by atoms with E-state index in [-0.39, 0.29) is 11.3 Å². The van der Waals surface area contributed by atoms with Crippen molar-refractivity contribution in [2.45, 2.75) is 12.8 Å². The summed E-state index contributed by atoms with van der Waals surface area (Å²) < 4.78 is 5.61. The Balaban J connectivity index is 1.61. The number of para-hydroxylation sites is 1. The van der Waals surface area contributed by atoms with Crippen molar-refractivity contribution in [1.29, 1.82) is 0 Å². The molecule has 5 heteroatoms. The summed E-state index contributed by atoms with van der Waals surface area (Å²) >= 11 is 0. The number of benzene rings is 1. The molecule has 1 aromatic heterocycles. The molecule has 134 valence electrons. The van der Waals surface area contributed by atoms with Crippen molar-refractivity contribution in [1.82, 2.24) is 14.8 Å². The number of fused-ring (bicyclic) bond motifs is 1. The lowest BCUT2D eigenvalue weighted by Gasteiger charge is -2.38. The number of carbonyl (C=O) groups excluding carboxylic acids is 1. The fraction of sp³-hybridized carbons (Fsp3) is 0.550. The maximum atomic E-state index is 13.2. The third-order valence-corrected chi connectivity index (χ3v) is 5.99. The number of aromatic nitrogens is 1. The fourth-order valence-electron chi connectivity index (χ4n) is 4.64. The third-order valence-electron chi connectivity index (χ3n) is 5.99. The van der Waals surface area contributed by atoms with Gasteiger partial charge in [-0.2, -0.15) is 0 Å². The molecule has 0 unspecified atom stereocenters. The highest BCUT2D eigenvalue weighted by Crippen LogP contribution is 2.45. The lowest BCUT2D eigenvalue weighted by Crippen LogP contribution is -2.40. The first kappa shape index (κ1) is 16.6. The second-order valence-electron chi connectivity index (χ2n) is 7.87. The van der Waals surface area contributed by atoms with Crippen LogP contribution >= 0.6 is 0 Å². The zero-order valence-electron chi connectivity index (χ0n) is 15.1. The Morgan fingerprint density at radius 1 is 1.32 bits per heavy atom. The smallest absolute Gasteiger partial charge is 0.256 e. The predicted molar refractivity (Wildman–Crippen MR) is 98.7 cm³/mol. The van der Waals surface area contributed by atoms with Crippen LogP contribution in [0.1, 0.15) is 23.2 Å². The van der Waals surface area contributed by atoms with Crippen molar-refractivity contribution in [2.75, 3.05) is 46.9 Å². The molecule has 0 saturated carbocycles. The maximum absolute atomic E-state index is 13.2. The molecule has 0 aliphatic carbocycles. The second-order valence-corrected chi connectivity index (χ2v) is 7.87. The monoisotopic (exact) mass is 341 g/mol. The number of nitrogens with one attached hydrogen (secondary N) is 1. The first-order chi connectivity index (χ1) is 12.1. The number of likely N-dealkylation sites (tertiary alicyclic amines) is 1. The van der Waals surface area contributed by atoms with E-state index in [9.17, 15) is 4.79 Å². The van der Waals surface area contributed by atoms with Gasteiger partial charge in [0.1, 0.15) is 0 Å². The zero-order valence-corrected chi connectivity index (χ0v) is 15.1. The van der Waals surface area contributed by atoms with Gasteiger partial charge in [-0.05, 0) is 44.3 Å². The lowest BCUT2D eigenvalue weighted by molar-refractivity contribution is -0.00451. The first-order valence-corrected chi connectivity index (χ1v) is 9.17. The van der Waals surface area contributed by atoms with Gasteiger partial charge in [-0.1, -0.05) is 18.2 Å². The number of amides is 1. The number of rotatable bonds is 3. The molecule has 1 spiro atoms. The number of aromatic amines is 1. The topological polar surface area (TPSA) is 48.6 Å². The van der Waals surface area contributed by atoms with Gasteiger partial charge in [0.25, 0.3) is 5.91 Å². The molecule has 3 heterocycles. The minimum Gasteiger partial charge on any atom is -0.381 e. The van der Waals surface area contributed by atoms with Gasteiger partial charge in [-0.25, -0.2) is 0 Å². The summed E-state index contributed by atoms with van der Waals surface area (Å²) in [6.07, 6.45) is 3.98. The second kappa shape index (κ2) is 6.46. The highest BCUT2D eigenvalue weighted by molar-refractivity contribution is 6.06. The Kier molecular flexibility index (Phi) is 4.29.